The molecule has 124 valence electrons. The molecule has 1 aliphatic rings. The van der Waals surface area contributed by atoms with Crippen LogP contribution in [0.1, 0.15) is 43.3 Å². The van der Waals surface area contributed by atoms with Gasteiger partial charge in [-0.15, -0.1) is 0 Å². The fraction of sp³-hybridized carbons (Fsp3) is 0.333. The van der Waals surface area contributed by atoms with E-state index in [1.807, 2.05) is 31.2 Å². The lowest BCUT2D eigenvalue weighted by Gasteiger charge is -2.24. The van der Waals surface area contributed by atoms with E-state index >= 15 is 0 Å². The summed E-state index contributed by atoms with van der Waals surface area (Å²) in [4.78, 5) is 4.61. The minimum absolute atomic E-state index is 0.292. The number of para-hydroxylation sites is 1. The van der Waals surface area contributed by atoms with Gasteiger partial charge < -0.3 is 20.2 Å². The maximum absolute atomic E-state index is 9.62. The molecule has 1 aromatic carbocycles. The Bertz CT molecular complexity index is 817. The van der Waals surface area contributed by atoms with Gasteiger partial charge in [0.15, 0.2) is 5.89 Å². The molecule has 0 spiro atoms. The van der Waals surface area contributed by atoms with Crippen molar-refractivity contribution >= 4 is 5.88 Å². The highest BCUT2D eigenvalue weighted by molar-refractivity contribution is 5.62. The second-order valence-corrected chi connectivity index (χ2v) is 5.54. The summed E-state index contributed by atoms with van der Waals surface area (Å²) in [7, 11) is 0. The van der Waals surface area contributed by atoms with Crippen LogP contribution in [-0.4, -0.2) is 11.6 Å². The zero-order valence-corrected chi connectivity index (χ0v) is 13.8. The van der Waals surface area contributed by atoms with Crippen LogP contribution >= 0.6 is 0 Å². The molecule has 0 aliphatic carbocycles. The number of nitrogens with two attached hydrogens (primary N) is 1. The lowest BCUT2D eigenvalue weighted by Crippen LogP contribution is -2.23. The Morgan fingerprint density at radius 2 is 2.17 bits per heavy atom. The van der Waals surface area contributed by atoms with Crippen LogP contribution in [0.15, 0.2) is 40.1 Å². The number of nitrogens with one attached hydrogen (secondary N) is 1. The quantitative estimate of drug-likeness (QED) is 0.876. The molecule has 0 bridgehead atoms. The third-order valence-electron chi connectivity index (χ3n) is 3.91. The monoisotopic (exact) mass is 324 g/mol. The highest BCUT2D eigenvalue weighted by Gasteiger charge is 2.35. The van der Waals surface area contributed by atoms with Crippen LogP contribution in [0, 0.1) is 11.3 Å². The Kier molecular flexibility index (Phi) is 4.43. The lowest BCUT2D eigenvalue weighted by atomic mass is 9.86. The number of ether oxygens (including phenoxy) is 1. The van der Waals surface area contributed by atoms with Crippen LogP contribution in [0.5, 0.6) is 5.75 Å². The minimum Gasteiger partial charge on any atom is -0.494 e. The van der Waals surface area contributed by atoms with Crippen molar-refractivity contribution in [2.75, 3.05) is 11.9 Å². The summed E-state index contributed by atoms with van der Waals surface area (Å²) in [5.74, 6) is 1.76. The second kappa shape index (κ2) is 6.67. The Labute approximate surface area is 140 Å². The Balaban J connectivity index is 2.16. The molecule has 3 rings (SSSR count). The molecule has 1 aliphatic heterocycles. The number of allylic oxidation sites excluding steroid dienone is 1. The third kappa shape index (κ3) is 2.69. The van der Waals surface area contributed by atoms with Crippen LogP contribution in [-0.2, 0) is 6.42 Å². The largest absolute Gasteiger partial charge is 0.494 e. The first kappa shape index (κ1) is 15.9. The molecule has 2 aromatic rings. The predicted molar refractivity (Wildman–Crippen MR) is 90.4 cm³/mol. The molecule has 0 amide bonds. The average Bonchev–Trinajstić information content (AvgIpc) is 2.97. The number of aromatic nitrogens is 1. The first-order valence-electron chi connectivity index (χ1n) is 8.07. The van der Waals surface area contributed by atoms with Crippen molar-refractivity contribution < 1.29 is 9.15 Å². The highest BCUT2D eigenvalue weighted by atomic mass is 16.5. The summed E-state index contributed by atoms with van der Waals surface area (Å²) in [6.45, 7) is 4.52. The van der Waals surface area contributed by atoms with Gasteiger partial charge in [0, 0.05) is 12.0 Å². The lowest BCUT2D eigenvalue weighted by molar-refractivity contribution is 0.336. The van der Waals surface area contributed by atoms with E-state index in [-0.39, 0.29) is 0 Å². The van der Waals surface area contributed by atoms with Crippen LogP contribution in [0.2, 0.25) is 0 Å². The average molecular weight is 324 g/mol. The topological polar surface area (TPSA) is 97.1 Å². The first-order valence-corrected chi connectivity index (χ1v) is 8.07. The van der Waals surface area contributed by atoms with Gasteiger partial charge in [0.2, 0.25) is 5.88 Å². The molecule has 0 unspecified atom stereocenters. The minimum atomic E-state index is -0.400. The number of fused-ring (bicyclic) bond motifs is 1. The normalized spacial score (nSPS) is 16.3. The number of nitrogens with zero attached hydrogens (tertiary/aromatic N) is 2. The van der Waals surface area contributed by atoms with Gasteiger partial charge in [0.1, 0.15) is 17.3 Å². The Morgan fingerprint density at radius 3 is 2.88 bits per heavy atom. The van der Waals surface area contributed by atoms with Crippen LogP contribution in [0.4, 0.5) is 5.88 Å². The number of hydrogen-bond acceptors (Lipinski definition) is 6. The van der Waals surface area contributed by atoms with Crippen molar-refractivity contribution in [2.45, 2.75) is 32.6 Å². The van der Waals surface area contributed by atoms with Gasteiger partial charge in [-0.1, -0.05) is 25.1 Å². The number of rotatable bonds is 5. The number of nitriles is 1. The van der Waals surface area contributed by atoms with Gasteiger partial charge in [0.05, 0.1) is 24.2 Å². The Hall–Kier alpha value is -2.94. The van der Waals surface area contributed by atoms with Crippen molar-refractivity contribution in [3.05, 3.63) is 52.8 Å². The van der Waals surface area contributed by atoms with Crippen molar-refractivity contribution in [3.63, 3.8) is 0 Å². The van der Waals surface area contributed by atoms with Gasteiger partial charge in [-0.05, 0) is 19.4 Å². The van der Waals surface area contributed by atoms with Gasteiger partial charge in [-0.3, -0.25) is 0 Å². The zero-order chi connectivity index (χ0) is 17.1. The third-order valence-corrected chi connectivity index (χ3v) is 3.91. The SMILES string of the molecule is CCCc1nc2c(o1)NC(N)=C(C#N)[C@H]2c1ccccc1OCC. The molecule has 24 heavy (non-hydrogen) atoms. The molecule has 2 heterocycles. The molecule has 0 saturated heterocycles. The van der Waals surface area contributed by atoms with Gasteiger partial charge in [-0.2, -0.15) is 5.26 Å². The first-order chi connectivity index (χ1) is 11.7. The van der Waals surface area contributed by atoms with E-state index in [4.69, 9.17) is 14.9 Å². The summed E-state index contributed by atoms with van der Waals surface area (Å²) in [5, 5.41) is 12.6. The summed E-state index contributed by atoms with van der Waals surface area (Å²) in [6.07, 6.45) is 1.66. The van der Waals surface area contributed by atoms with Gasteiger partial charge in [0.25, 0.3) is 0 Å². The molecule has 1 aromatic heterocycles. The number of anilines is 1. The zero-order valence-electron chi connectivity index (χ0n) is 13.8. The maximum atomic E-state index is 9.62. The summed E-state index contributed by atoms with van der Waals surface area (Å²) >= 11 is 0. The van der Waals surface area contributed by atoms with Crippen molar-refractivity contribution in [1.82, 2.24) is 4.98 Å². The van der Waals surface area contributed by atoms with Crippen LogP contribution < -0.4 is 15.8 Å². The van der Waals surface area contributed by atoms with E-state index in [0.29, 0.717) is 35.5 Å². The van der Waals surface area contributed by atoms with Crippen LogP contribution in [0.3, 0.4) is 0 Å². The van der Waals surface area contributed by atoms with E-state index < -0.39 is 5.92 Å². The molecular weight excluding hydrogens is 304 g/mol. The molecule has 1 atom stereocenters. The molecule has 3 N–H and O–H groups in total. The van der Waals surface area contributed by atoms with E-state index in [0.717, 1.165) is 24.2 Å². The highest BCUT2D eigenvalue weighted by Crippen LogP contribution is 2.43. The fourth-order valence-corrected chi connectivity index (χ4v) is 2.90. The standard InChI is InChI=1S/C18H20N4O2/c1-3-7-14-21-16-15(11-8-5-6-9-13(11)23-4-2)12(10-19)17(20)22-18(16)24-14/h5-6,8-9,15,22H,3-4,7,20H2,1-2H3/t15-/m1/s1. The molecule has 0 radical (unpaired) electrons. The van der Waals surface area contributed by atoms with E-state index in [9.17, 15) is 5.26 Å². The Morgan fingerprint density at radius 1 is 1.38 bits per heavy atom. The molecule has 0 saturated carbocycles. The number of oxazole rings is 1. The number of benzene rings is 1. The molecule has 6 nitrogen and oxygen atoms in total. The smallest absolute Gasteiger partial charge is 0.223 e. The van der Waals surface area contributed by atoms with Crippen molar-refractivity contribution in [2.24, 2.45) is 5.73 Å². The van der Waals surface area contributed by atoms with E-state index in [1.165, 1.54) is 0 Å². The summed E-state index contributed by atoms with van der Waals surface area (Å²) < 4.78 is 11.5. The van der Waals surface area contributed by atoms with Gasteiger partial charge >= 0.3 is 0 Å². The fourth-order valence-electron chi connectivity index (χ4n) is 2.90. The molecule has 6 heteroatoms. The number of aryl methyl sites for hydroxylation is 1. The second-order valence-electron chi connectivity index (χ2n) is 5.54. The van der Waals surface area contributed by atoms with E-state index in [2.05, 4.69) is 23.3 Å². The predicted octanol–water partition coefficient (Wildman–Crippen LogP) is 3.28. The summed E-state index contributed by atoms with van der Waals surface area (Å²) in [5.41, 5.74) is 8.02. The molecular formula is C18H20N4O2. The molecule has 0 fully saturated rings. The summed E-state index contributed by atoms with van der Waals surface area (Å²) in [6, 6.07) is 9.85. The van der Waals surface area contributed by atoms with Crippen molar-refractivity contribution in [3.8, 4) is 11.8 Å². The van der Waals surface area contributed by atoms with Crippen LogP contribution in [0.25, 0.3) is 0 Å². The number of hydrogen-bond donors (Lipinski definition) is 2. The van der Waals surface area contributed by atoms with Crippen molar-refractivity contribution in [1.29, 1.82) is 5.26 Å². The van der Waals surface area contributed by atoms with Gasteiger partial charge in [-0.25, -0.2) is 4.98 Å². The van der Waals surface area contributed by atoms with E-state index in [1.54, 1.807) is 0 Å². The maximum Gasteiger partial charge on any atom is 0.223 e.